The van der Waals surface area contributed by atoms with E-state index in [4.69, 9.17) is 9.47 Å². The van der Waals surface area contributed by atoms with E-state index in [-0.39, 0.29) is 44.1 Å². The van der Waals surface area contributed by atoms with Crippen molar-refractivity contribution < 1.29 is 34.4 Å². The van der Waals surface area contributed by atoms with Crippen molar-refractivity contribution in [2.45, 2.75) is 67.9 Å². The maximum Gasteiger partial charge on any atom is 0.344 e. The highest BCUT2D eigenvalue weighted by atomic mass is 16.6. The van der Waals surface area contributed by atoms with Gasteiger partial charge < -0.3 is 24.8 Å². The molecular formula is C16H22O7. The van der Waals surface area contributed by atoms with Gasteiger partial charge in [-0.05, 0) is 6.92 Å². The summed E-state index contributed by atoms with van der Waals surface area (Å²) in [6.07, 6.45) is 1.03. The number of rotatable bonds is 4. The SMILES string of the molecule is C=C(C)C(=O)OCC(=O)OC12CC3(O)CC(O)(CC(O)(C3)C1)C2. The van der Waals surface area contributed by atoms with Crippen LogP contribution < -0.4 is 0 Å². The number of carbonyl (C=O) groups excluding carboxylic acids is 2. The van der Waals surface area contributed by atoms with Gasteiger partial charge in [0.05, 0.1) is 16.8 Å². The molecule has 0 radical (unpaired) electrons. The molecule has 4 fully saturated rings. The van der Waals surface area contributed by atoms with Crippen LogP contribution in [-0.2, 0) is 19.1 Å². The second kappa shape index (κ2) is 4.78. The largest absolute Gasteiger partial charge is 0.456 e. The maximum atomic E-state index is 12.0. The Kier molecular flexibility index (Phi) is 3.41. The van der Waals surface area contributed by atoms with Crippen LogP contribution in [0.25, 0.3) is 0 Å². The molecule has 7 nitrogen and oxygen atoms in total. The zero-order chi connectivity index (χ0) is 17.1. The highest BCUT2D eigenvalue weighted by Gasteiger charge is 2.69. The van der Waals surface area contributed by atoms with E-state index in [0.29, 0.717) is 0 Å². The van der Waals surface area contributed by atoms with Crippen LogP contribution in [0.2, 0.25) is 0 Å². The van der Waals surface area contributed by atoms with Crippen LogP contribution >= 0.6 is 0 Å². The van der Waals surface area contributed by atoms with Crippen molar-refractivity contribution in [1.82, 2.24) is 0 Å². The highest BCUT2D eigenvalue weighted by Crippen LogP contribution is 2.62. The number of hydrogen-bond acceptors (Lipinski definition) is 7. The molecule has 23 heavy (non-hydrogen) atoms. The summed E-state index contributed by atoms with van der Waals surface area (Å²) in [6.45, 7) is 4.31. The van der Waals surface area contributed by atoms with Crippen molar-refractivity contribution in [2.24, 2.45) is 0 Å². The number of hydrogen-bond donors (Lipinski definition) is 3. The van der Waals surface area contributed by atoms with E-state index in [2.05, 4.69) is 6.58 Å². The average Bonchev–Trinajstić information content (AvgIpc) is 2.28. The van der Waals surface area contributed by atoms with E-state index in [9.17, 15) is 24.9 Å². The standard InChI is InChI=1S/C16H22O7/c1-10(2)12(18)22-3-11(17)23-16-7-13(19)4-14(20,8-16)6-15(21,5-13)9-16/h19-21H,1,3-9H2,2H3. The molecule has 0 heterocycles. The molecule has 4 aliphatic carbocycles. The molecule has 0 aromatic carbocycles. The van der Waals surface area contributed by atoms with Gasteiger partial charge in [0.2, 0.25) is 0 Å². The first-order chi connectivity index (χ1) is 10.5. The van der Waals surface area contributed by atoms with Crippen molar-refractivity contribution in [3.8, 4) is 0 Å². The lowest BCUT2D eigenvalue weighted by Crippen LogP contribution is -2.72. The molecule has 0 aliphatic heterocycles. The molecule has 0 aromatic rings. The quantitative estimate of drug-likeness (QED) is 0.491. The first-order valence-electron chi connectivity index (χ1n) is 7.68. The van der Waals surface area contributed by atoms with Gasteiger partial charge in [-0.15, -0.1) is 0 Å². The van der Waals surface area contributed by atoms with E-state index in [1.807, 2.05) is 0 Å². The number of carbonyl (C=O) groups is 2. The average molecular weight is 326 g/mol. The monoisotopic (exact) mass is 326 g/mol. The van der Waals surface area contributed by atoms with Gasteiger partial charge in [0.25, 0.3) is 0 Å². The molecule has 4 aliphatic rings. The van der Waals surface area contributed by atoms with E-state index in [1.54, 1.807) is 0 Å². The smallest absolute Gasteiger partial charge is 0.344 e. The minimum Gasteiger partial charge on any atom is -0.456 e. The maximum absolute atomic E-state index is 12.0. The Labute approximate surface area is 133 Å². The fourth-order valence-corrected chi connectivity index (χ4v) is 5.01. The predicted octanol–water partition coefficient (Wildman–Crippen LogP) is -0.0376. The van der Waals surface area contributed by atoms with Crippen molar-refractivity contribution in [3.63, 3.8) is 0 Å². The Morgan fingerprint density at radius 3 is 1.78 bits per heavy atom. The van der Waals surface area contributed by atoms with Crippen LogP contribution in [0, 0.1) is 0 Å². The number of esters is 2. The zero-order valence-corrected chi connectivity index (χ0v) is 13.1. The van der Waals surface area contributed by atoms with Gasteiger partial charge in [0.1, 0.15) is 5.60 Å². The second-order valence-corrected chi connectivity index (χ2v) is 7.75. The van der Waals surface area contributed by atoms with Crippen LogP contribution in [0.4, 0.5) is 0 Å². The summed E-state index contributed by atoms with van der Waals surface area (Å²) in [4.78, 5) is 23.3. The Morgan fingerprint density at radius 2 is 1.39 bits per heavy atom. The third kappa shape index (κ3) is 3.00. The first kappa shape index (κ1) is 16.4. The van der Waals surface area contributed by atoms with Gasteiger partial charge >= 0.3 is 11.9 Å². The van der Waals surface area contributed by atoms with Crippen molar-refractivity contribution in [2.75, 3.05) is 6.61 Å². The summed E-state index contributed by atoms with van der Waals surface area (Å²) < 4.78 is 10.2. The van der Waals surface area contributed by atoms with Crippen LogP contribution in [0.15, 0.2) is 12.2 Å². The van der Waals surface area contributed by atoms with Crippen LogP contribution in [0.5, 0.6) is 0 Å². The minimum atomic E-state index is -1.24. The van der Waals surface area contributed by atoms with Crippen LogP contribution in [0.1, 0.15) is 45.4 Å². The Balaban J connectivity index is 1.71. The number of ether oxygens (including phenoxy) is 2. The van der Waals surface area contributed by atoms with Gasteiger partial charge in [-0.3, -0.25) is 0 Å². The molecule has 4 saturated carbocycles. The van der Waals surface area contributed by atoms with E-state index in [0.717, 1.165) is 0 Å². The zero-order valence-electron chi connectivity index (χ0n) is 13.1. The minimum absolute atomic E-state index is 0.171. The summed E-state index contributed by atoms with van der Waals surface area (Å²) in [7, 11) is 0. The molecule has 7 heteroatoms. The molecule has 3 N–H and O–H groups in total. The van der Waals surface area contributed by atoms with Gasteiger partial charge in [-0.2, -0.15) is 0 Å². The summed E-state index contributed by atoms with van der Waals surface area (Å²) in [5, 5.41) is 31.8. The lowest BCUT2D eigenvalue weighted by molar-refractivity contribution is -0.301. The fraction of sp³-hybridized carbons (Fsp3) is 0.750. The molecule has 0 spiro atoms. The molecule has 0 aromatic heterocycles. The third-order valence-electron chi connectivity index (χ3n) is 4.93. The summed E-state index contributed by atoms with van der Waals surface area (Å²) in [5.41, 5.74) is -4.68. The summed E-state index contributed by atoms with van der Waals surface area (Å²) >= 11 is 0. The topological polar surface area (TPSA) is 113 Å². The Hall–Kier alpha value is -1.44. The molecule has 0 atom stereocenters. The predicted molar refractivity (Wildman–Crippen MR) is 77.1 cm³/mol. The van der Waals surface area contributed by atoms with Gasteiger partial charge in [0.15, 0.2) is 6.61 Å². The van der Waals surface area contributed by atoms with E-state index >= 15 is 0 Å². The molecule has 4 rings (SSSR count). The molecule has 4 bridgehead atoms. The second-order valence-electron chi connectivity index (χ2n) is 7.75. The molecular weight excluding hydrogens is 304 g/mol. The number of aliphatic hydroxyl groups is 3. The van der Waals surface area contributed by atoms with Gasteiger partial charge in [-0.1, -0.05) is 6.58 Å². The van der Waals surface area contributed by atoms with Crippen molar-refractivity contribution in [1.29, 1.82) is 0 Å². The lowest BCUT2D eigenvalue weighted by Gasteiger charge is -2.64. The highest BCUT2D eigenvalue weighted by molar-refractivity contribution is 5.88. The normalized spacial score (nSPS) is 44.0. The van der Waals surface area contributed by atoms with E-state index < -0.39 is 40.9 Å². The molecule has 0 saturated heterocycles. The molecule has 0 amide bonds. The molecule has 0 unspecified atom stereocenters. The van der Waals surface area contributed by atoms with Crippen LogP contribution in [-0.4, -0.2) is 56.3 Å². The summed E-state index contributed by atoms with van der Waals surface area (Å²) in [6, 6.07) is 0. The lowest BCUT2D eigenvalue weighted by atomic mass is 9.48. The Morgan fingerprint density at radius 1 is 0.957 bits per heavy atom. The molecule has 128 valence electrons. The van der Waals surface area contributed by atoms with Crippen LogP contribution in [0.3, 0.4) is 0 Å². The third-order valence-corrected chi connectivity index (χ3v) is 4.93. The fourth-order valence-electron chi connectivity index (χ4n) is 5.01. The van der Waals surface area contributed by atoms with Crippen molar-refractivity contribution >= 4 is 11.9 Å². The van der Waals surface area contributed by atoms with E-state index in [1.165, 1.54) is 6.92 Å². The Bertz CT molecular complexity index is 527. The summed E-state index contributed by atoms with van der Waals surface area (Å²) in [5.74, 6) is -1.46. The van der Waals surface area contributed by atoms with Gasteiger partial charge in [0, 0.05) is 44.1 Å². The van der Waals surface area contributed by atoms with Crippen molar-refractivity contribution in [3.05, 3.63) is 12.2 Å². The van der Waals surface area contributed by atoms with Gasteiger partial charge in [-0.25, -0.2) is 9.59 Å². The first-order valence-corrected chi connectivity index (χ1v) is 7.68.